The van der Waals surface area contributed by atoms with Crippen molar-refractivity contribution in [2.24, 2.45) is 0 Å². The number of rotatable bonds is 6. The summed E-state index contributed by atoms with van der Waals surface area (Å²) in [5.41, 5.74) is 4.78. The van der Waals surface area contributed by atoms with E-state index in [0.717, 1.165) is 24.1 Å². The average molecular weight is 403 g/mol. The van der Waals surface area contributed by atoms with Crippen molar-refractivity contribution in [1.82, 2.24) is 4.72 Å². The van der Waals surface area contributed by atoms with Gasteiger partial charge in [-0.3, -0.25) is 4.79 Å². The third-order valence-corrected chi connectivity index (χ3v) is 6.39. The molecule has 1 N–H and O–H groups in total. The molecular formula is C21H26N2O4S. The van der Waals surface area contributed by atoms with Crippen LogP contribution in [0.2, 0.25) is 0 Å². The van der Waals surface area contributed by atoms with Crippen LogP contribution in [0.5, 0.6) is 0 Å². The number of hydrogen-bond donors (Lipinski definition) is 1. The van der Waals surface area contributed by atoms with Crippen LogP contribution < -0.4 is 9.62 Å². The minimum atomic E-state index is -3.69. The molecule has 150 valence electrons. The van der Waals surface area contributed by atoms with E-state index in [9.17, 15) is 13.2 Å². The first-order valence-electron chi connectivity index (χ1n) is 9.34. The van der Waals surface area contributed by atoms with E-state index in [4.69, 9.17) is 4.74 Å². The number of fused-ring (bicyclic) bond motifs is 1. The molecule has 0 saturated carbocycles. The van der Waals surface area contributed by atoms with E-state index < -0.39 is 10.0 Å². The molecule has 0 aromatic heterocycles. The molecule has 2 aromatic rings. The molecule has 1 aliphatic heterocycles. The predicted molar refractivity (Wildman–Crippen MR) is 109 cm³/mol. The quantitative estimate of drug-likeness (QED) is 0.754. The zero-order chi connectivity index (χ0) is 20.3. The van der Waals surface area contributed by atoms with Gasteiger partial charge in [-0.15, -0.1) is 0 Å². The fraction of sp³-hybridized carbons (Fsp3) is 0.381. The van der Waals surface area contributed by atoms with Crippen LogP contribution in [0.1, 0.15) is 33.5 Å². The molecule has 28 heavy (non-hydrogen) atoms. The molecule has 0 atom stereocenters. The van der Waals surface area contributed by atoms with Gasteiger partial charge in [0.25, 0.3) is 5.91 Å². The Morgan fingerprint density at radius 1 is 1.21 bits per heavy atom. The zero-order valence-electron chi connectivity index (χ0n) is 16.5. The highest BCUT2D eigenvalue weighted by atomic mass is 32.2. The monoisotopic (exact) mass is 402 g/mol. The standard InChI is InChI=1S/C21H26N2O4S/c1-15-12-16(2)19-8-5-10-23(20(19)13-15)21(24)17-6-4-7-18(14-17)28(25,26)22-9-11-27-3/h4,6-7,12-14,22H,5,8-11H2,1-3H3. The van der Waals surface area contributed by atoms with Crippen LogP contribution in [0.3, 0.4) is 0 Å². The maximum absolute atomic E-state index is 13.2. The van der Waals surface area contributed by atoms with Gasteiger partial charge in [-0.1, -0.05) is 12.1 Å². The molecule has 2 aromatic carbocycles. The third-order valence-electron chi connectivity index (χ3n) is 4.93. The van der Waals surface area contributed by atoms with E-state index in [1.165, 1.54) is 30.4 Å². The van der Waals surface area contributed by atoms with E-state index in [0.29, 0.717) is 12.1 Å². The van der Waals surface area contributed by atoms with E-state index in [-0.39, 0.29) is 24.0 Å². The van der Waals surface area contributed by atoms with Crippen LogP contribution in [-0.2, 0) is 21.2 Å². The van der Waals surface area contributed by atoms with E-state index in [2.05, 4.69) is 17.7 Å². The van der Waals surface area contributed by atoms with Crippen molar-refractivity contribution in [3.8, 4) is 0 Å². The molecule has 1 aliphatic rings. The summed E-state index contributed by atoms with van der Waals surface area (Å²) in [4.78, 5) is 15.1. The predicted octanol–water partition coefficient (Wildman–Crippen LogP) is 2.82. The second-order valence-corrected chi connectivity index (χ2v) is 8.83. The van der Waals surface area contributed by atoms with Crippen LogP contribution in [0.4, 0.5) is 5.69 Å². The van der Waals surface area contributed by atoms with Gasteiger partial charge in [-0.2, -0.15) is 0 Å². The Balaban J connectivity index is 1.91. The van der Waals surface area contributed by atoms with E-state index in [1.54, 1.807) is 17.0 Å². The number of carbonyl (C=O) groups excluding carboxylic acids is 1. The molecule has 0 spiro atoms. The highest BCUT2D eigenvalue weighted by Gasteiger charge is 2.26. The van der Waals surface area contributed by atoms with Gasteiger partial charge < -0.3 is 9.64 Å². The minimum absolute atomic E-state index is 0.0760. The zero-order valence-corrected chi connectivity index (χ0v) is 17.3. The molecule has 0 bridgehead atoms. The first-order chi connectivity index (χ1) is 13.3. The van der Waals surface area contributed by atoms with Crippen molar-refractivity contribution in [3.63, 3.8) is 0 Å². The third kappa shape index (κ3) is 4.27. The van der Waals surface area contributed by atoms with E-state index >= 15 is 0 Å². The molecule has 0 saturated heterocycles. The summed E-state index contributed by atoms with van der Waals surface area (Å²) in [5, 5.41) is 0. The van der Waals surface area contributed by atoms with E-state index in [1.807, 2.05) is 13.0 Å². The molecule has 1 amide bonds. The fourth-order valence-corrected chi connectivity index (χ4v) is 4.66. The van der Waals surface area contributed by atoms with Gasteiger partial charge in [0.2, 0.25) is 10.0 Å². The van der Waals surface area contributed by atoms with Gasteiger partial charge in [0.05, 0.1) is 11.5 Å². The maximum Gasteiger partial charge on any atom is 0.258 e. The van der Waals surface area contributed by atoms with Crippen LogP contribution in [0.25, 0.3) is 0 Å². The fourth-order valence-electron chi connectivity index (χ4n) is 3.60. The number of benzene rings is 2. The van der Waals surface area contributed by atoms with Gasteiger partial charge in [-0.25, -0.2) is 13.1 Å². The van der Waals surface area contributed by atoms with Crippen molar-refractivity contribution in [2.45, 2.75) is 31.6 Å². The summed E-state index contributed by atoms with van der Waals surface area (Å²) < 4.78 is 32.3. The largest absolute Gasteiger partial charge is 0.383 e. The molecule has 3 rings (SSSR count). The first kappa shape index (κ1) is 20.5. The lowest BCUT2D eigenvalue weighted by Gasteiger charge is -2.31. The number of nitrogens with zero attached hydrogens (tertiary/aromatic N) is 1. The van der Waals surface area contributed by atoms with Crippen LogP contribution >= 0.6 is 0 Å². The highest BCUT2D eigenvalue weighted by Crippen LogP contribution is 2.32. The number of sulfonamides is 1. The number of nitrogens with one attached hydrogen (secondary N) is 1. The van der Waals surface area contributed by atoms with Gasteiger partial charge in [0.1, 0.15) is 0 Å². The summed E-state index contributed by atoms with van der Waals surface area (Å²) in [6.07, 6.45) is 1.84. The first-order valence-corrected chi connectivity index (χ1v) is 10.8. The number of anilines is 1. The smallest absolute Gasteiger partial charge is 0.258 e. The summed E-state index contributed by atoms with van der Waals surface area (Å²) >= 11 is 0. The van der Waals surface area contributed by atoms with Gasteiger partial charge in [0.15, 0.2) is 0 Å². The second kappa shape index (κ2) is 8.43. The average Bonchev–Trinajstić information content (AvgIpc) is 2.67. The second-order valence-electron chi connectivity index (χ2n) is 7.06. The SMILES string of the molecule is COCCNS(=O)(=O)c1cccc(C(=O)N2CCCc3c(C)cc(C)cc32)c1. The van der Waals surface area contributed by atoms with Crippen molar-refractivity contribution >= 4 is 21.6 Å². The Morgan fingerprint density at radius 3 is 2.75 bits per heavy atom. The Bertz CT molecular complexity index is 986. The topological polar surface area (TPSA) is 75.7 Å². The molecule has 6 nitrogen and oxygen atoms in total. The number of carbonyl (C=O) groups is 1. The Labute approximate surface area is 166 Å². The maximum atomic E-state index is 13.2. The van der Waals surface area contributed by atoms with Crippen LogP contribution in [-0.4, -0.2) is 41.1 Å². The molecule has 0 radical (unpaired) electrons. The molecular weight excluding hydrogens is 376 g/mol. The summed E-state index contributed by atoms with van der Waals surface area (Å²) in [6.45, 7) is 5.16. The number of aryl methyl sites for hydroxylation is 2. The van der Waals surface area contributed by atoms with Gasteiger partial charge in [-0.05, 0) is 67.6 Å². The Morgan fingerprint density at radius 2 is 2.00 bits per heavy atom. The Hall–Kier alpha value is -2.22. The van der Waals surface area contributed by atoms with Crippen molar-refractivity contribution in [1.29, 1.82) is 0 Å². The number of methoxy groups -OCH3 is 1. The summed E-state index contributed by atoms with van der Waals surface area (Å²) in [7, 11) is -2.19. The molecule has 1 heterocycles. The highest BCUT2D eigenvalue weighted by molar-refractivity contribution is 7.89. The van der Waals surface area contributed by atoms with Crippen molar-refractivity contribution < 1.29 is 17.9 Å². The number of amides is 1. The van der Waals surface area contributed by atoms with Crippen LogP contribution in [0.15, 0.2) is 41.3 Å². The lowest BCUT2D eigenvalue weighted by molar-refractivity contribution is 0.0985. The number of ether oxygens (including phenoxy) is 1. The Kier molecular flexibility index (Phi) is 6.17. The molecule has 0 aliphatic carbocycles. The summed E-state index contributed by atoms with van der Waals surface area (Å²) in [5.74, 6) is -0.181. The minimum Gasteiger partial charge on any atom is -0.383 e. The van der Waals surface area contributed by atoms with Crippen molar-refractivity contribution in [2.75, 3.05) is 31.7 Å². The number of hydrogen-bond acceptors (Lipinski definition) is 4. The van der Waals surface area contributed by atoms with Gasteiger partial charge in [0, 0.05) is 31.5 Å². The van der Waals surface area contributed by atoms with Crippen LogP contribution in [0, 0.1) is 13.8 Å². The normalized spacial score (nSPS) is 14.0. The lowest BCUT2D eigenvalue weighted by atomic mass is 9.94. The lowest BCUT2D eigenvalue weighted by Crippen LogP contribution is -2.36. The van der Waals surface area contributed by atoms with Crippen molar-refractivity contribution in [3.05, 3.63) is 58.7 Å². The summed E-state index contributed by atoms with van der Waals surface area (Å²) in [6, 6.07) is 10.4. The van der Waals surface area contributed by atoms with Gasteiger partial charge >= 0.3 is 0 Å². The molecule has 0 unspecified atom stereocenters. The molecule has 7 heteroatoms. The molecule has 0 fully saturated rings.